The Morgan fingerprint density at radius 1 is 1.11 bits per heavy atom. The molecule has 0 bridgehead atoms. The average Bonchev–Trinajstić information content (AvgIpc) is 2.42. The fourth-order valence-corrected chi connectivity index (χ4v) is 2.92. The smallest absolute Gasteiger partial charge is 0.117 e. The van der Waals surface area contributed by atoms with Crippen LogP contribution in [0, 0.1) is 0 Å². The minimum Gasteiger partial charge on any atom is -0.368 e. The third-order valence-electron chi connectivity index (χ3n) is 3.72. The molecule has 4 heteroatoms. The summed E-state index contributed by atoms with van der Waals surface area (Å²) in [6.07, 6.45) is 7.70. The lowest BCUT2D eigenvalue weighted by molar-refractivity contribution is 0.303. The monoisotopic (exact) mass is 273 g/mol. The third kappa shape index (κ3) is 3.86. The molecule has 0 aromatic heterocycles. The van der Waals surface area contributed by atoms with Crippen LogP contribution in [0.3, 0.4) is 0 Å². The highest BCUT2D eigenvalue weighted by molar-refractivity contribution is 5.92. The molecule has 1 saturated carbocycles. The molecule has 2 aliphatic rings. The lowest BCUT2D eigenvalue weighted by Gasteiger charge is -2.41. The zero-order chi connectivity index (χ0) is 12.4. The largest absolute Gasteiger partial charge is 0.368 e. The summed E-state index contributed by atoms with van der Waals surface area (Å²) in [6.45, 7) is 8.73. The van der Waals surface area contributed by atoms with Gasteiger partial charge < -0.3 is 10.6 Å². The molecule has 106 valence electrons. The van der Waals surface area contributed by atoms with Gasteiger partial charge in [-0.2, -0.15) is 0 Å². The SMILES string of the molecule is CC(C)(C)NC1=NCCCNC12CCCCC2.Cl. The van der Waals surface area contributed by atoms with Gasteiger partial charge in [-0.3, -0.25) is 4.99 Å². The number of hydrogen-bond donors (Lipinski definition) is 2. The summed E-state index contributed by atoms with van der Waals surface area (Å²) in [5, 5.41) is 7.42. The first-order chi connectivity index (χ1) is 8.02. The minimum atomic E-state index is 0. The van der Waals surface area contributed by atoms with Gasteiger partial charge >= 0.3 is 0 Å². The Labute approximate surface area is 118 Å². The van der Waals surface area contributed by atoms with Crippen LogP contribution in [0.4, 0.5) is 0 Å². The van der Waals surface area contributed by atoms with E-state index in [1.54, 1.807) is 0 Å². The van der Waals surface area contributed by atoms with Gasteiger partial charge in [-0.15, -0.1) is 12.4 Å². The molecule has 0 radical (unpaired) electrons. The molecule has 3 nitrogen and oxygen atoms in total. The van der Waals surface area contributed by atoms with E-state index in [0.29, 0.717) is 0 Å². The van der Waals surface area contributed by atoms with Crippen molar-refractivity contribution < 1.29 is 0 Å². The normalized spacial score (nSPS) is 23.8. The Morgan fingerprint density at radius 2 is 1.78 bits per heavy atom. The maximum Gasteiger partial charge on any atom is 0.117 e. The minimum absolute atomic E-state index is 0. The summed E-state index contributed by atoms with van der Waals surface area (Å²) in [5.74, 6) is 1.22. The molecule has 0 aromatic rings. The molecule has 1 fully saturated rings. The summed E-state index contributed by atoms with van der Waals surface area (Å²) < 4.78 is 0. The number of hydrogen-bond acceptors (Lipinski definition) is 3. The van der Waals surface area contributed by atoms with Gasteiger partial charge in [0.1, 0.15) is 5.84 Å². The predicted molar refractivity (Wildman–Crippen MR) is 80.9 cm³/mol. The van der Waals surface area contributed by atoms with Crippen molar-refractivity contribution in [3.05, 3.63) is 0 Å². The standard InChI is InChI=1S/C14H27N3.ClH/c1-13(2,3)17-12-14(8-5-4-6-9-14)16-11-7-10-15-12;/h16H,4-11H2,1-3H3,(H,15,17);1H. The molecule has 1 heterocycles. The first kappa shape index (κ1) is 15.8. The van der Waals surface area contributed by atoms with Crippen LogP contribution in [0.1, 0.15) is 59.3 Å². The third-order valence-corrected chi connectivity index (χ3v) is 3.72. The molecule has 0 atom stereocenters. The van der Waals surface area contributed by atoms with Crippen molar-refractivity contribution in [3.8, 4) is 0 Å². The van der Waals surface area contributed by atoms with Crippen molar-refractivity contribution in [1.29, 1.82) is 0 Å². The van der Waals surface area contributed by atoms with Crippen LogP contribution in [-0.2, 0) is 0 Å². The van der Waals surface area contributed by atoms with E-state index in [0.717, 1.165) is 19.5 Å². The van der Waals surface area contributed by atoms with Gasteiger partial charge in [0.15, 0.2) is 0 Å². The van der Waals surface area contributed by atoms with Crippen LogP contribution in [0.15, 0.2) is 4.99 Å². The second kappa shape index (κ2) is 6.25. The van der Waals surface area contributed by atoms with Crippen LogP contribution < -0.4 is 10.6 Å². The average molecular weight is 274 g/mol. The molecule has 0 aromatic carbocycles. The van der Waals surface area contributed by atoms with Gasteiger partial charge in [0.25, 0.3) is 0 Å². The zero-order valence-corrected chi connectivity index (χ0v) is 12.8. The van der Waals surface area contributed by atoms with E-state index >= 15 is 0 Å². The van der Waals surface area contributed by atoms with E-state index in [1.165, 1.54) is 37.9 Å². The number of halogens is 1. The number of amidine groups is 1. The number of nitrogens with zero attached hydrogens (tertiary/aromatic N) is 1. The molecule has 18 heavy (non-hydrogen) atoms. The van der Waals surface area contributed by atoms with Gasteiger partial charge in [-0.1, -0.05) is 19.3 Å². The topological polar surface area (TPSA) is 36.4 Å². The van der Waals surface area contributed by atoms with Crippen molar-refractivity contribution in [2.45, 2.75) is 70.4 Å². The Bertz CT molecular complexity index is 288. The van der Waals surface area contributed by atoms with Crippen molar-refractivity contribution in [3.63, 3.8) is 0 Å². The second-order valence-corrected chi connectivity index (χ2v) is 6.53. The molecule has 1 aliphatic carbocycles. The van der Waals surface area contributed by atoms with Gasteiger partial charge in [-0.25, -0.2) is 0 Å². The number of aliphatic imine (C=N–C) groups is 1. The van der Waals surface area contributed by atoms with Crippen LogP contribution >= 0.6 is 12.4 Å². The number of nitrogens with one attached hydrogen (secondary N) is 2. The lowest BCUT2D eigenvalue weighted by atomic mass is 9.80. The van der Waals surface area contributed by atoms with Gasteiger partial charge in [0, 0.05) is 12.1 Å². The fraction of sp³-hybridized carbons (Fsp3) is 0.929. The molecular formula is C14H28ClN3. The van der Waals surface area contributed by atoms with Crippen LogP contribution in [0.2, 0.25) is 0 Å². The summed E-state index contributed by atoms with van der Waals surface area (Å²) >= 11 is 0. The van der Waals surface area contributed by atoms with Gasteiger partial charge in [0.05, 0.1) is 5.54 Å². The fourth-order valence-electron chi connectivity index (χ4n) is 2.92. The maximum absolute atomic E-state index is 4.83. The Hall–Kier alpha value is -0.280. The van der Waals surface area contributed by atoms with E-state index in [1.807, 2.05) is 0 Å². The van der Waals surface area contributed by atoms with Crippen LogP contribution in [0.25, 0.3) is 0 Å². The highest BCUT2D eigenvalue weighted by Crippen LogP contribution is 2.30. The highest BCUT2D eigenvalue weighted by Gasteiger charge is 2.38. The van der Waals surface area contributed by atoms with Crippen molar-refractivity contribution in [2.75, 3.05) is 13.1 Å². The maximum atomic E-state index is 4.83. The summed E-state index contributed by atoms with van der Waals surface area (Å²) in [5.41, 5.74) is 0.261. The van der Waals surface area contributed by atoms with Crippen LogP contribution in [-0.4, -0.2) is 30.0 Å². The molecule has 2 N–H and O–H groups in total. The lowest BCUT2D eigenvalue weighted by Crippen LogP contribution is -2.60. The first-order valence-electron chi connectivity index (χ1n) is 7.10. The number of rotatable bonds is 0. The molecule has 0 unspecified atom stereocenters. The van der Waals surface area contributed by atoms with Crippen molar-refractivity contribution in [1.82, 2.24) is 10.6 Å². The van der Waals surface area contributed by atoms with E-state index in [-0.39, 0.29) is 23.5 Å². The summed E-state index contributed by atoms with van der Waals surface area (Å²) in [7, 11) is 0. The van der Waals surface area contributed by atoms with Crippen molar-refractivity contribution in [2.24, 2.45) is 4.99 Å². The van der Waals surface area contributed by atoms with Crippen molar-refractivity contribution >= 4 is 18.2 Å². The Morgan fingerprint density at radius 3 is 2.39 bits per heavy atom. The molecule has 1 spiro atoms. The zero-order valence-electron chi connectivity index (χ0n) is 12.0. The predicted octanol–water partition coefficient (Wildman–Crippen LogP) is 2.89. The quantitative estimate of drug-likeness (QED) is 0.712. The molecule has 1 aliphatic heterocycles. The van der Waals surface area contributed by atoms with Crippen LogP contribution in [0.5, 0.6) is 0 Å². The Kier molecular flexibility index (Phi) is 5.47. The first-order valence-corrected chi connectivity index (χ1v) is 7.10. The highest BCUT2D eigenvalue weighted by atomic mass is 35.5. The van der Waals surface area contributed by atoms with E-state index in [2.05, 4.69) is 31.4 Å². The molecule has 0 saturated heterocycles. The van der Waals surface area contributed by atoms with E-state index < -0.39 is 0 Å². The molecular weight excluding hydrogens is 246 g/mol. The second-order valence-electron chi connectivity index (χ2n) is 6.53. The van der Waals surface area contributed by atoms with Gasteiger partial charge in [-0.05, 0) is 46.6 Å². The molecule has 0 amide bonds. The van der Waals surface area contributed by atoms with E-state index in [9.17, 15) is 0 Å². The summed E-state index contributed by atoms with van der Waals surface area (Å²) in [4.78, 5) is 4.83. The Balaban J connectivity index is 0.00000162. The molecule has 2 rings (SSSR count). The summed E-state index contributed by atoms with van der Waals surface area (Å²) in [6, 6.07) is 0. The van der Waals surface area contributed by atoms with Gasteiger partial charge in [0.2, 0.25) is 0 Å². The van der Waals surface area contributed by atoms with E-state index in [4.69, 9.17) is 4.99 Å².